The number of halogens is 1. The highest BCUT2D eigenvalue weighted by Crippen LogP contribution is 2.24. The van der Waals surface area contributed by atoms with Crippen LogP contribution in [0.25, 0.3) is 0 Å². The van der Waals surface area contributed by atoms with E-state index in [1.807, 2.05) is 12.1 Å². The fourth-order valence-corrected chi connectivity index (χ4v) is 3.35. The molecule has 116 valence electrons. The van der Waals surface area contributed by atoms with Crippen molar-refractivity contribution in [2.24, 2.45) is 5.92 Å². The lowest BCUT2D eigenvalue weighted by Gasteiger charge is -2.38. The van der Waals surface area contributed by atoms with E-state index < -0.39 is 0 Å². The van der Waals surface area contributed by atoms with E-state index in [1.165, 1.54) is 17.7 Å². The maximum Gasteiger partial charge on any atom is 0.0407 e. The van der Waals surface area contributed by atoms with Gasteiger partial charge < -0.3 is 10.2 Å². The summed E-state index contributed by atoms with van der Waals surface area (Å²) in [6.07, 6.45) is 1.23. The Bertz CT molecular complexity index is 582. The number of benzene rings is 2. The maximum absolute atomic E-state index is 5.99. The Balaban J connectivity index is 1.62. The molecule has 0 aliphatic carbocycles. The molecule has 0 radical (unpaired) electrons. The summed E-state index contributed by atoms with van der Waals surface area (Å²) in [6.45, 7) is 5.44. The van der Waals surface area contributed by atoms with E-state index in [0.717, 1.165) is 24.7 Å². The summed E-state index contributed by atoms with van der Waals surface area (Å²) in [5.74, 6) is 0.692. The van der Waals surface area contributed by atoms with Crippen LogP contribution in [-0.4, -0.2) is 19.1 Å². The molecular formula is C19H23ClN2. The lowest BCUT2D eigenvalue weighted by atomic mass is 9.95. The van der Waals surface area contributed by atoms with Gasteiger partial charge in [0.05, 0.1) is 0 Å². The normalized spacial score (nSPS) is 21.8. The Morgan fingerprint density at radius 3 is 2.50 bits per heavy atom. The molecule has 2 aromatic rings. The van der Waals surface area contributed by atoms with Crippen molar-refractivity contribution in [3.05, 3.63) is 65.2 Å². The highest BCUT2D eigenvalue weighted by molar-refractivity contribution is 6.30. The first-order valence-corrected chi connectivity index (χ1v) is 8.36. The lowest BCUT2D eigenvalue weighted by Crippen LogP contribution is -2.48. The fraction of sp³-hybridized carbons (Fsp3) is 0.368. The largest absolute Gasteiger partial charge is 0.370 e. The van der Waals surface area contributed by atoms with Crippen molar-refractivity contribution in [1.29, 1.82) is 0 Å². The van der Waals surface area contributed by atoms with Crippen LogP contribution in [0.2, 0.25) is 5.02 Å². The minimum Gasteiger partial charge on any atom is -0.370 e. The standard InChI is InChI=1S/C19H23ClN2/c1-15-11-18(21-12-16-5-3-2-4-6-16)14-22(13-15)19-9-7-17(20)8-10-19/h2-10,15,18,21H,11-14H2,1H3. The van der Waals surface area contributed by atoms with Crippen LogP contribution >= 0.6 is 11.6 Å². The molecule has 0 spiro atoms. The fourth-order valence-electron chi connectivity index (χ4n) is 3.22. The van der Waals surface area contributed by atoms with Gasteiger partial charge >= 0.3 is 0 Å². The zero-order valence-electron chi connectivity index (χ0n) is 13.0. The van der Waals surface area contributed by atoms with Gasteiger partial charge in [0, 0.05) is 36.4 Å². The first-order valence-electron chi connectivity index (χ1n) is 7.98. The van der Waals surface area contributed by atoms with E-state index in [9.17, 15) is 0 Å². The van der Waals surface area contributed by atoms with Gasteiger partial charge in [-0.1, -0.05) is 48.9 Å². The number of nitrogens with zero attached hydrogens (tertiary/aromatic N) is 1. The van der Waals surface area contributed by atoms with Gasteiger partial charge in [0.15, 0.2) is 0 Å². The smallest absolute Gasteiger partial charge is 0.0407 e. The minimum atomic E-state index is 0.527. The molecule has 0 bridgehead atoms. The third-order valence-electron chi connectivity index (χ3n) is 4.29. The molecule has 0 aromatic heterocycles. The Labute approximate surface area is 138 Å². The predicted molar refractivity (Wildman–Crippen MR) is 94.5 cm³/mol. The Kier molecular flexibility index (Phi) is 5.01. The lowest BCUT2D eigenvalue weighted by molar-refractivity contribution is 0.350. The molecule has 1 heterocycles. The van der Waals surface area contributed by atoms with Gasteiger partial charge in [-0.2, -0.15) is 0 Å². The molecule has 22 heavy (non-hydrogen) atoms. The molecule has 1 fully saturated rings. The molecular weight excluding hydrogens is 292 g/mol. The molecule has 2 nitrogen and oxygen atoms in total. The molecule has 2 atom stereocenters. The second kappa shape index (κ2) is 7.17. The molecule has 1 N–H and O–H groups in total. The Morgan fingerprint density at radius 2 is 1.77 bits per heavy atom. The van der Waals surface area contributed by atoms with Crippen molar-refractivity contribution in [1.82, 2.24) is 5.32 Å². The van der Waals surface area contributed by atoms with Crippen LogP contribution in [-0.2, 0) is 6.54 Å². The number of anilines is 1. The summed E-state index contributed by atoms with van der Waals surface area (Å²) < 4.78 is 0. The number of piperidine rings is 1. The minimum absolute atomic E-state index is 0.527. The highest BCUT2D eigenvalue weighted by Gasteiger charge is 2.24. The third kappa shape index (κ3) is 4.02. The van der Waals surface area contributed by atoms with E-state index in [2.05, 4.69) is 59.6 Å². The zero-order valence-corrected chi connectivity index (χ0v) is 13.8. The van der Waals surface area contributed by atoms with Gasteiger partial charge in [-0.3, -0.25) is 0 Å². The van der Waals surface area contributed by atoms with Crippen molar-refractivity contribution in [3.63, 3.8) is 0 Å². The van der Waals surface area contributed by atoms with Crippen LogP contribution in [0.5, 0.6) is 0 Å². The van der Waals surface area contributed by atoms with Gasteiger partial charge in [-0.05, 0) is 42.2 Å². The van der Waals surface area contributed by atoms with Crippen LogP contribution in [0.3, 0.4) is 0 Å². The number of hydrogen-bond acceptors (Lipinski definition) is 2. The molecule has 1 aliphatic heterocycles. The van der Waals surface area contributed by atoms with Crippen LogP contribution in [0.15, 0.2) is 54.6 Å². The summed E-state index contributed by atoms with van der Waals surface area (Å²) >= 11 is 5.99. The van der Waals surface area contributed by atoms with E-state index in [4.69, 9.17) is 11.6 Å². The van der Waals surface area contributed by atoms with Crippen molar-refractivity contribution in [2.45, 2.75) is 25.9 Å². The number of hydrogen-bond donors (Lipinski definition) is 1. The average molecular weight is 315 g/mol. The summed E-state index contributed by atoms with van der Waals surface area (Å²) in [5.41, 5.74) is 2.61. The van der Waals surface area contributed by atoms with Crippen molar-refractivity contribution < 1.29 is 0 Å². The van der Waals surface area contributed by atoms with E-state index in [-0.39, 0.29) is 0 Å². The number of nitrogens with one attached hydrogen (secondary N) is 1. The van der Waals surface area contributed by atoms with Gasteiger partial charge in [0.1, 0.15) is 0 Å². The molecule has 0 saturated carbocycles. The predicted octanol–water partition coefficient (Wildman–Crippen LogP) is 4.34. The zero-order chi connectivity index (χ0) is 15.4. The molecule has 1 aliphatic rings. The highest BCUT2D eigenvalue weighted by atomic mass is 35.5. The van der Waals surface area contributed by atoms with Crippen LogP contribution < -0.4 is 10.2 Å². The summed E-state index contributed by atoms with van der Waals surface area (Å²) in [7, 11) is 0. The van der Waals surface area contributed by atoms with Crippen LogP contribution in [0.1, 0.15) is 18.9 Å². The molecule has 1 saturated heterocycles. The topological polar surface area (TPSA) is 15.3 Å². The van der Waals surface area contributed by atoms with Gasteiger partial charge in [0.25, 0.3) is 0 Å². The Hall–Kier alpha value is -1.51. The summed E-state index contributed by atoms with van der Waals surface area (Å²) in [6, 6.07) is 19.3. The van der Waals surface area contributed by atoms with E-state index >= 15 is 0 Å². The molecule has 3 rings (SSSR count). The molecule has 0 amide bonds. The molecule has 3 heteroatoms. The third-order valence-corrected chi connectivity index (χ3v) is 4.54. The second-order valence-electron chi connectivity index (χ2n) is 6.29. The van der Waals surface area contributed by atoms with Gasteiger partial charge in [-0.15, -0.1) is 0 Å². The molecule has 2 unspecified atom stereocenters. The Morgan fingerprint density at radius 1 is 1.05 bits per heavy atom. The van der Waals surface area contributed by atoms with Gasteiger partial charge in [-0.25, -0.2) is 0 Å². The van der Waals surface area contributed by atoms with Crippen molar-refractivity contribution in [3.8, 4) is 0 Å². The van der Waals surface area contributed by atoms with Crippen LogP contribution in [0.4, 0.5) is 5.69 Å². The summed E-state index contributed by atoms with van der Waals surface area (Å²) in [4.78, 5) is 2.47. The SMILES string of the molecule is CC1CC(NCc2ccccc2)CN(c2ccc(Cl)cc2)C1. The first kappa shape index (κ1) is 15.4. The van der Waals surface area contributed by atoms with Gasteiger partial charge in [0.2, 0.25) is 0 Å². The summed E-state index contributed by atoms with van der Waals surface area (Å²) in [5, 5.41) is 4.51. The molecule has 2 aromatic carbocycles. The monoisotopic (exact) mass is 314 g/mol. The quantitative estimate of drug-likeness (QED) is 0.903. The first-order chi connectivity index (χ1) is 10.7. The van der Waals surface area contributed by atoms with Crippen molar-refractivity contribution >= 4 is 17.3 Å². The second-order valence-corrected chi connectivity index (χ2v) is 6.72. The van der Waals surface area contributed by atoms with Crippen LogP contribution in [0, 0.1) is 5.92 Å². The van der Waals surface area contributed by atoms with E-state index in [0.29, 0.717) is 12.0 Å². The van der Waals surface area contributed by atoms with E-state index in [1.54, 1.807) is 0 Å². The number of rotatable bonds is 4. The van der Waals surface area contributed by atoms with Crippen molar-refractivity contribution in [2.75, 3.05) is 18.0 Å². The average Bonchev–Trinajstić information content (AvgIpc) is 2.54. The maximum atomic E-state index is 5.99.